The first kappa shape index (κ1) is 62.2. The van der Waals surface area contributed by atoms with Crippen molar-refractivity contribution in [2.75, 3.05) is 13.2 Å². The summed E-state index contributed by atoms with van der Waals surface area (Å²) in [6, 6.07) is 3.64. The minimum Gasteiger partial charge on any atom is -0.744 e. The van der Waals surface area contributed by atoms with Crippen molar-refractivity contribution < 1.29 is 83.4 Å². The summed E-state index contributed by atoms with van der Waals surface area (Å²) in [6.07, 6.45) is 56.2. The maximum atomic E-state index is 13.1. The third kappa shape index (κ3) is 37.9. The molecule has 1 aromatic rings. The van der Waals surface area contributed by atoms with Gasteiger partial charge in [-0.2, -0.15) is 0 Å². The molecular formula is C54H93KO7S. The Balaban J connectivity index is 0.0000384. The molecule has 0 aliphatic heterocycles. The van der Waals surface area contributed by atoms with E-state index in [9.17, 15) is 22.6 Å². The van der Waals surface area contributed by atoms with Gasteiger partial charge in [0.1, 0.15) is 10.1 Å². The average Bonchev–Trinajstić information content (AvgIpc) is 3.26. The predicted molar refractivity (Wildman–Crippen MR) is 260 cm³/mol. The molecule has 0 saturated heterocycles. The Morgan fingerprint density at radius 2 is 0.730 bits per heavy atom. The Morgan fingerprint density at radius 1 is 0.444 bits per heavy atom. The average molecular weight is 925 g/mol. The molecule has 0 fully saturated rings. The number of unbranched alkanes of at least 4 members (excludes halogenated alkanes) is 34. The van der Waals surface area contributed by atoms with Crippen molar-refractivity contribution >= 4 is 22.1 Å². The fraction of sp³-hybridized carbons (Fsp3) is 0.778. The van der Waals surface area contributed by atoms with Crippen molar-refractivity contribution in [3.05, 3.63) is 53.6 Å². The number of carbonyl (C=O) groups is 2. The van der Waals surface area contributed by atoms with Gasteiger partial charge >= 0.3 is 63.3 Å². The van der Waals surface area contributed by atoms with Crippen LogP contribution in [0.5, 0.6) is 0 Å². The maximum absolute atomic E-state index is 13.1. The van der Waals surface area contributed by atoms with Crippen LogP contribution in [0.1, 0.15) is 279 Å². The number of allylic oxidation sites excluding steroid dienone is 4. The standard InChI is InChI=1S/C54H94O7S.K/c1-3-5-7-9-11-13-15-17-19-21-23-25-27-29-31-33-35-37-39-41-43-48-60-53(55)50-46-45-47-51(62(57,58)59)52(50)54(56)61-49-44-42-40-38-36-34-32-30-28-26-24-22-20-18-16-14-12-10-8-6-4-2;/h25-28,45-47H,3-24,29-44,48-49H2,1-2H3,(H,57,58,59);/q;+1/p-1/b27-25+,28-26+;. The molecule has 9 heteroatoms. The Hall–Kier alpha value is -0.814. The first-order valence-electron chi connectivity index (χ1n) is 26.1. The normalized spacial score (nSPS) is 11.7. The fourth-order valence-corrected chi connectivity index (χ4v) is 8.76. The number of rotatable bonds is 45. The van der Waals surface area contributed by atoms with Crippen LogP contribution in [0.3, 0.4) is 0 Å². The van der Waals surface area contributed by atoms with Crippen LogP contribution in [-0.2, 0) is 19.6 Å². The minimum absolute atomic E-state index is 0. The van der Waals surface area contributed by atoms with Gasteiger partial charge in [0, 0.05) is 0 Å². The molecule has 0 heterocycles. The van der Waals surface area contributed by atoms with Crippen molar-refractivity contribution in [2.24, 2.45) is 0 Å². The third-order valence-electron chi connectivity index (χ3n) is 12.0. The summed E-state index contributed by atoms with van der Waals surface area (Å²) in [4.78, 5) is 25.3. The first-order chi connectivity index (χ1) is 30.3. The summed E-state index contributed by atoms with van der Waals surface area (Å²) in [5.41, 5.74) is -0.781. The van der Waals surface area contributed by atoms with Crippen molar-refractivity contribution in [3.8, 4) is 0 Å². The van der Waals surface area contributed by atoms with Crippen LogP contribution in [0.2, 0.25) is 0 Å². The Bertz CT molecular complexity index is 1380. The largest absolute Gasteiger partial charge is 1.00 e. The van der Waals surface area contributed by atoms with Gasteiger partial charge in [-0.1, -0.05) is 224 Å². The second kappa shape index (κ2) is 46.3. The molecule has 0 radical (unpaired) electrons. The third-order valence-corrected chi connectivity index (χ3v) is 12.9. The van der Waals surface area contributed by atoms with Crippen LogP contribution in [0.15, 0.2) is 47.4 Å². The van der Waals surface area contributed by atoms with Crippen molar-refractivity contribution in [3.63, 3.8) is 0 Å². The molecule has 0 aliphatic carbocycles. The van der Waals surface area contributed by atoms with Gasteiger partial charge < -0.3 is 14.0 Å². The summed E-state index contributed by atoms with van der Waals surface area (Å²) >= 11 is 0. The molecule has 358 valence electrons. The molecule has 1 aromatic carbocycles. The Morgan fingerprint density at radius 3 is 1.05 bits per heavy atom. The summed E-state index contributed by atoms with van der Waals surface area (Å²) in [7, 11) is -5.02. The summed E-state index contributed by atoms with van der Waals surface area (Å²) in [5.74, 6) is -1.81. The van der Waals surface area contributed by atoms with Gasteiger partial charge in [-0.05, 0) is 76.3 Å². The SMILES string of the molecule is CCCCCCCCCCCC/C=C/CCCCCCCCCOC(=O)c1cccc(S(=O)(=O)[O-])c1C(=O)OCCCCCCCCC/C=C/CCCCCCCCCCCC.[K+]. The van der Waals surface area contributed by atoms with Gasteiger partial charge in [-0.3, -0.25) is 0 Å². The molecule has 0 amide bonds. The Kier molecular flexibility index (Phi) is 45.7. The molecule has 0 bridgehead atoms. The predicted octanol–water partition coefficient (Wildman–Crippen LogP) is 13.9. The van der Waals surface area contributed by atoms with E-state index in [1.54, 1.807) is 0 Å². The van der Waals surface area contributed by atoms with Gasteiger partial charge in [0.2, 0.25) is 0 Å². The Labute approximate surface area is 431 Å². The van der Waals surface area contributed by atoms with E-state index in [4.69, 9.17) is 9.47 Å². The van der Waals surface area contributed by atoms with Crippen LogP contribution in [0.25, 0.3) is 0 Å². The summed E-state index contributed by atoms with van der Waals surface area (Å²) in [5, 5.41) is 0. The van der Waals surface area contributed by atoms with Crippen molar-refractivity contribution in [1.29, 1.82) is 0 Å². The molecule has 0 spiro atoms. The monoisotopic (exact) mass is 925 g/mol. The molecule has 0 unspecified atom stereocenters. The molecule has 1 rings (SSSR count). The van der Waals surface area contributed by atoms with Crippen LogP contribution < -0.4 is 51.4 Å². The van der Waals surface area contributed by atoms with E-state index in [1.807, 2.05) is 0 Å². The van der Waals surface area contributed by atoms with Crippen molar-refractivity contribution in [1.82, 2.24) is 0 Å². The van der Waals surface area contributed by atoms with E-state index < -0.39 is 32.5 Å². The smallest absolute Gasteiger partial charge is 0.744 e. The van der Waals surface area contributed by atoms with Crippen LogP contribution in [0, 0.1) is 0 Å². The van der Waals surface area contributed by atoms with Gasteiger partial charge in [0.25, 0.3) is 0 Å². The molecular weight excluding hydrogens is 832 g/mol. The van der Waals surface area contributed by atoms with Crippen LogP contribution >= 0.6 is 0 Å². The zero-order chi connectivity index (χ0) is 45.0. The first-order valence-corrected chi connectivity index (χ1v) is 27.5. The quantitative estimate of drug-likeness (QED) is 0.0211. The molecule has 0 N–H and O–H groups in total. The van der Waals surface area contributed by atoms with E-state index >= 15 is 0 Å². The second-order valence-corrected chi connectivity index (χ2v) is 19.2. The van der Waals surface area contributed by atoms with E-state index in [0.717, 1.165) is 57.4 Å². The minimum atomic E-state index is -5.02. The van der Waals surface area contributed by atoms with Gasteiger partial charge in [0.15, 0.2) is 0 Å². The zero-order valence-electron chi connectivity index (χ0n) is 41.1. The number of esters is 2. The van der Waals surface area contributed by atoms with Crippen molar-refractivity contribution in [2.45, 2.75) is 263 Å². The summed E-state index contributed by atoms with van der Waals surface area (Å²) < 4.78 is 46.9. The van der Waals surface area contributed by atoms with E-state index in [0.29, 0.717) is 12.8 Å². The summed E-state index contributed by atoms with van der Waals surface area (Å²) in [6.45, 7) is 4.78. The van der Waals surface area contributed by atoms with E-state index in [2.05, 4.69) is 38.2 Å². The number of carbonyl (C=O) groups excluding carboxylic acids is 2. The maximum Gasteiger partial charge on any atom is 1.00 e. The molecule has 0 aromatic heterocycles. The van der Waals surface area contributed by atoms with E-state index in [-0.39, 0.29) is 70.2 Å². The van der Waals surface area contributed by atoms with Crippen LogP contribution in [0.4, 0.5) is 0 Å². The zero-order valence-corrected chi connectivity index (χ0v) is 45.0. The fourth-order valence-electron chi connectivity index (χ4n) is 8.07. The van der Waals surface area contributed by atoms with E-state index in [1.165, 1.54) is 192 Å². The molecule has 0 saturated carbocycles. The van der Waals surface area contributed by atoms with Gasteiger partial charge in [-0.25, -0.2) is 18.0 Å². The molecule has 63 heavy (non-hydrogen) atoms. The second-order valence-electron chi connectivity index (χ2n) is 17.8. The number of ether oxygens (including phenoxy) is 2. The van der Waals surface area contributed by atoms with Crippen LogP contribution in [-0.4, -0.2) is 38.1 Å². The molecule has 7 nitrogen and oxygen atoms in total. The number of hydrogen-bond acceptors (Lipinski definition) is 7. The molecule has 0 aliphatic rings. The van der Waals surface area contributed by atoms with Gasteiger partial charge in [-0.15, -0.1) is 0 Å². The number of hydrogen-bond donors (Lipinski definition) is 0. The van der Waals surface area contributed by atoms with Gasteiger partial charge in [0.05, 0.1) is 29.2 Å². The topological polar surface area (TPSA) is 110 Å². The number of benzene rings is 1. The molecule has 0 atom stereocenters.